The molecule has 0 bridgehead atoms. The Hall–Kier alpha value is -2.89. The second kappa shape index (κ2) is 7.15. The molecular weight excluding hydrogens is 332 g/mol. The molecule has 3 rings (SSSR count). The number of anilines is 1. The van der Waals surface area contributed by atoms with Gasteiger partial charge in [0.15, 0.2) is 0 Å². The molecular formula is C20H24N2O4. The number of carbonyl (C=O) groups is 1. The third-order valence-electron chi connectivity index (χ3n) is 4.33. The minimum absolute atomic E-state index is 0.196. The lowest BCUT2D eigenvalue weighted by Crippen LogP contribution is -2.42. The fourth-order valence-corrected chi connectivity index (χ4v) is 3.15. The summed E-state index contributed by atoms with van der Waals surface area (Å²) in [6.45, 7) is 4.01. The standard InChI is InChI=1S/C20H24N2O4/c1-20(2)12-16(14-11-13(24-3)9-10-17(14)26-20)22-19(23)21-15-7-5-6-8-18(15)25-4/h5-11,16H,12H2,1-4H3,(H2,21,22,23)/t16-/m1/s1. The van der Waals surface area contributed by atoms with Crippen LogP contribution in [-0.4, -0.2) is 25.9 Å². The summed E-state index contributed by atoms with van der Waals surface area (Å²) in [6, 6.07) is 12.4. The van der Waals surface area contributed by atoms with Crippen LogP contribution in [0.15, 0.2) is 42.5 Å². The number of methoxy groups -OCH3 is 2. The zero-order valence-corrected chi connectivity index (χ0v) is 15.5. The molecule has 6 nitrogen and oxygen atoms in total. The van der Waals surface area contributed by atoms with Gasteiger partial charge in [-0.1, -0.05) is 12.1 Å². The third kappa shape index (κ3) is 3.85. The summed E-state index contributed by atoms with van der Waals surface area (Å²) in [5, 5.41) is 5.89. The maximum atomic E-state index is 12.6. The number of amides is 2. The van der Waals surface area contributed by atoms with Crippen molar-refractivity contribution in [2.75, 3.05) is 19.5 Å². The van der Waals surface area contributed by atoms with E-state index < -0.39 is 0 Å². The van der Waals surface area contributed by atoms with E-state index in [9.17, 15) is 4.79 Å². The number of ether oxygens (including phenoxy) is 3. The number of urea groups is 1. The average molecular weight is 356 g/mol. The Balaban J connectivity index is 1.81. The zero-order chi connectivity index (χ0) is 18.7. The first-order chi connectivity index (χ1) is 12.4. The lowest BCUT2D eigenvalue weighted by Gasteiger charge is -2.38. The molecule has 0 aromatic heterocycles. The van der Waals surface area contributed by atoms with Gasteiger partial charge >= 0.3 is 6.03 Å². The highest BCUT2D eigenvalue weighted by Crippen LogP contribution is 2.41. The van der Waals surface area contributed by atoms with Gasteiger partial charge in [0.2, 0.25) is 0 Å². The van der Waals surface area contributed by atoms with Gasteiger partial charge in [-0.25, -0.2) is 4.79 Å². The number of hydrogen-bond acceptors (Lipinski definition) is 4. The Morgan fingerprint density at radius 3 is 2.65 bits per heavy atom. The van der Waals surface area contributed by atoms with Crippen LogP contribution in [-0.2, 0) is 0 Å². The first kappa shape index (κ1) is 17.9. The van der Waals surface area contributed by atoms with Crippen LogP contribution >= 0.6 is 0 Å². The normalized spacial score (nSPS) is 17.5. The second-order valence-electron chi connectivity index (χ2n) is 6.82. The van der Waals surface area contributed by atoms with E-state index in [1.165, 1.54) is 0 Å². The van der Waals surface area contributed by atoms with Crippen molar-refractivity contribution >= 4 is 11.7 Å². The first-order valence-corrected chi connectivity index (χ1v) is 8.49. The molecule has 1 atom stereocenters. The number of rotatable bonds is 4. The SMILES string of the molecule is COc1ccc2c(c1)[C@H](NC(=O)Nc1ccccc1OC)CC(C)(C)O2. The fraction of sp³-hybridized carbons (Fsp3) is 0.350. The van der Waals surface area contributed by atoms with Crippen LogP contribution in [0.2, 0.25) is 0 Å². The van der Waals surface area contributed by atoms with E-state index in [-0.39, 0.29) is 17.7 Å². The minimum Gasteiger partial charge on any atom is -0.497 e. The Labute approximate surface area is 153 Å². The van der Waals surface area contributed by atoms with Gasteiger partial charge in [0.05, 0.1) is 25.9 Å². The molecule has 1 aliphatic heterocycles. The molecule has 0 saturated carbocycles. The summed E-state index contributed by atoms with van der Waals surface area (Å²) in [7, 11) is 3.19. The van der Waals surface area contributed by atoms with E-state index in [4.69, 9.17) is 14.2 Å². The van der Waals surface area contributed by atoms with Crippen LogP contribution in [0.4, 0.5) is 10.5 Å². The Kier molecular flexibility index (Phi) is 4.93. The second-order valence-corrected chi connectivity index (χ2v) is 6.82. The lowest BCUT2D eigenvalue weighted by atomic mass is 9.89. The van der Waals surface area contributed by atoms with E-state index in [0.717, 1.165) is 17.1 Å². The van der Waals surface area contributed by atoms with Gasteiger partial charge in [0.25, 0.3) is 0 Å². The molecule has 0 fully saturated rings. The number of hydrogen-bond donors (Lipinski definition) is 2. The molecule has 0 unspecified atom stereocenters. The predicted molar refractivity (Wildman–Crippen MR) is 100 cm³/mol. The zero-order valence-electron chi connectivity index (χ0n) is 15.5. The van der Waals surface area contributed by atoms with Crippen LogP contribution in [0, 0.1) is 0 Å². The summed E-state index contributed by atoms with van der Waals surface area (Å²) in [5.41, 5.74) is 1.13. The maximum Gasteiger partial charge on any atom is 0.319 e. The molecule has 2 aromatic carbocycles. The van der Waals surface area contributed by atoms with Crippen LogP contribution in [0.3, 0.4) is 0 Å². The number of fused-ring (bicyclic) bond motifs is 1. The molecule has 0 aliphatic carbocycles. The van der Waals surface area contributed by atoms with Gasteiger partial charge in [-0.3, -0.25) is 0 Å². The molecule has 2 amide bonds. The number of benzene rings is 2. The van der Waals surface area contributed by atoms with Crippen molar-refractivity contribution in [3.63, 3.8) is 0 Å². The maximum absolute atomic E-state index is 12.6. The quantitative estimate of drug-likeness (QED) is 0.864. The van der Waals surface area contributed by atoms with Gasteiger partial charge in [0.1, 0.15) is 22.8 Å². The smallest absolute Gasteiger partial charge is 0.319 e. The highest BCUT2D eigenvalue weighted by atomic mass is 16.5. The molecule has 2 N–H and O–H groups in total. The van der Waals surface area contributed by atoms with E-state index in [0.29, 0.717) is 17.9 Å². The monoisotopic (exact) mass is 356 g/mol. The van der Waals surface area contributed by atoms with Crippen LogP contribution in [0.1, 0.15) is 31.9 Å². The molecule has 26 heavy (non-hydrogen) atoms. The van der Waals surface area contributed by atoms with Crippen molar-refractivity contribution in [2.24, 2.45) is 0 Å². The summed E-state index contributed by atoms with van der Waals surface area (Å²) in [5.74, 6) is 2.09. The molecule has 1 heterocycles. The van der Waals surface area contributed by atoms with Crippen LogP contribution in [0.5, 0.6) is 17.2 Å². The van der Waals surface area contributed by atoms with Crippen molar-refractivity contribution in [3.8, 4) is 17.2 Å². The van der Waals surface area contributed by atoms with Crippen molar-refractivity contribution in [3.05, 3.63) is 48.0 Å². The number of carbonyl (C=O) groups excluding carboxylic acids is 1. The lowest BCUT2D eigenvalue weighted by molar-refractivity contribution is 0.0681. The number of nitrogens with one attached hydrogen (secondary N) is 2. The van der Waals surface area contributed by atoms with E-state index in [1.54, 1.807) is 26.4 Å². The Morgan fingerprint density at radius 2 is 1.92 bits per heavy atom. The molecule has 0 saturated heterocycles. The van der Waals surface area contributed by atoms with Gasteiger partial charge < -0.3 is 24.8 Å². The topological polar surface area (TPSA) is 68.8 Å². The minimum atomic E-state index is -0.385. The Morgan fingerprint density at radius 1 is 1.15 bits per heavy atom. The highest BCUT2D eigenvalue weighted by Gasteiger charge is 2.35. The third-order valence-corrected chi connectivity index (χ3v) is 4.33. The molecule has 0 radical (unpaired) electrons. The average Bonchev–Trinajstić information content (AvgIpc) is 2.61. The highest BCUT2D eigenvalue weighted by molar-refractivity contribution is 5.91. The molecule has 0 spiro atoms. The van der Waals surface area contributed by atoms with Gasteiger partial charge in [-0.15, -0.1) is 0 Å². The van der Waals surface area contributed by atoms with Gasteiger partial charge in [-0.05, 0) is 44.2 Å². The van der Waals surface area contributed by atoms with Gasteiger partial charge in [0, 0.05) is 12.0 Å². The summed E-state index contributed by atoms with van der Waals surface area (Å²) >= 11 is 0. The summed E-state index contributed by atoms with van der Waals surface area (Å²) < 4.78 is 16.6. The van der Waals surface area contributed by atoms with Crippen LogP contribution in [0.25, 0.3) is 0 Å². The van der Waals surface area contributed by atoms with Crippen LogP contribution < -0.4 is 24.8 Å². The van der Waals surface area contributed by atoms with E-state index in [1.807, 2.05) is 44.2 Å². The summed E-state index contributed by atoms with van der Waals surface area (Å²) in [4.78, 5) is 12.6. The van der Waals surface area contributed by atoms with E-state index in [2.05, 4.69) is 10.6 Å². The molecule has 138 valence electrons. The largest absolute Gasteiger partial charge is 0.497 e. The molecule has 6 heteroatoms. The van der Waals surface area contributed by atoms with Crippen molar-refractivity contribution in [1.82, 2.24) is 5.32 Å². The Bertz CT molecular complexity index is 804. The van der Waals surface area contributed by atoms with Crippen molar-refractivity contribution < 1.29 is 19.0 Å². The fourth-order valence-electron chi connectivity index (χ4n) is 3.15. The van der Waals surface area contributed by atoms with Crippen molar-refractivity contribution in [2.45, 2.75) is 31.9 Å². The molecule has 1 aliphatic rings. The first-order valence-electron chi connectivity index (χ1n) is 8.49. The van der Waals surface area contributed by atoms with E-state index >= 15 is 0 Å². The van der Waals surface area contributed by atoms with Gasteiger partial charge in [-0.2, -0.15) is 0 Å². The predicted octanol–water partition coefficient (Wildman–Crippen LogP) is 4.13. The summed E-state index contributed by atoms with van der Waals surface area (Å²) in [6.07, 6.45) is 0.645. The van der Waals surface area contributed by atoms with Crippen molar-refractivity contribution in [1.29, 1.82) is 0 Å². The number of para-hydroxylation sites is 2. The molecule has 2 aromatic rings.